The molecule has 0 aliphatic heterocycles. The molecule has 0 saturated heterocycles. The zero-order chi connectivity index (χ0) is 15.8. The van der Waals surface area contributed by atoms with E-state index in [4.69, 9.17) is 0 Å². The van der Waals surface area contributed by atoms with Gasteiger partial charge in [-0.25, -0.2) is 0 Å². The molecule has 4 aromatic carbocycles. The maximum absolute atomic E-state index is 2.28. The van der Waals surface area contributed by atoms with Gasteiger partial charge in [0.05, 0.1) is 5.69 Å². The topological polar surface area (TPSA) is 3.24 Å². The summed E-state index contributed by atoms with van der Waals surface area (Å²) in [5.74, 6) is 0. The number of rotatable bonds is 2. The fourth-order valence-corrected chi connectivity index (χ4v) is 3.33. The number of fused-ring (bicyclic) bond motifs is 2. The van der Waals surface area contributed by atoms with E-state index in [0.717, 1.165) is 0 Å². The first-order valence-electron chi connectivity index (χ1n) is 7.92. The zero-order valence-corrected chi connectivity index (χ0v) is 13.5. The van der Waals surface area contributed by atoms with Crippen molar-refractivity contribution in [1.29, 1.82) is 0 Å². The maximum Gasteiger partial charge on any atom is 0.0520 e. The summed E-state index contributed by atoms with van der Waals surface area (Å²) in [6, 6.07) is 28.3. The van der Waals surface area contributed by atoms with Crippen LogP contribution in [0.15, 0.2) is 78.9 Å². The molecular formula is C22H19N. The summed E-state index contributed by atoms with van der Waals surface area (Å²) >= 11 is 0. The van der Waals surface area contributed by atoms with E-state index in [1.165, 1.54) is 38.4 Å². The lowest BCUT2D eigenvalue weighted by atomic mass is 9.96. The Labute approximate surface area is 136 Å². The van der Waals surface area contributed by atoms with E-state index in [1.807, 2.05) is 0 Å². The fourth-order valence-electron chi connectivity index (χ4n) is 3.33. The van der Waals surface area contributed by atoms with Crippen LogP contribution in [0.3, 0.4) is 0 Å². The van der Waals surface area contributed by atoms with Crippen molar-refractivity contribution in [3.63, 3.8) is 0 Å². The minimum Gasteiger partial charge on any atom is -0.377 e. The molecule has 1 heteroatoms. The van der Waals surface area contributed by atoms with E-state index in [1.54, 1.807) is 0 Å². The summed E-state index contributed by atoms with van der Waals surface area (Å²) < 4.78 is 0. The second-order valence-corrected chi connectivity index (χ2v) is 6.14. The SMILES string of the molecule is CN(C)c1c(-c2ccc3ccccc3c2)ccc2ccccc12. The summed E-state index contributed by atoms with van der Waals surface area (Å²) in [6.45, 7) is 0. The van der Waals surface area contributed by atoms with Crippen molar-refractivity contribution in [2.45, 2.75) is 0 Å². The highest BCUT2D eigenvalue weighted by Crippen LogP contribution is 2.37. The Hall–Kier alpha value is -2.80. The van der Waals surface area contributed by atoms with Gasteiger partial charge in [0, 0.05) is 25.0 Å². The van der Waals surface area contributed by atoms with Crippen molar-refractivity contribution < 1.29 is 0 Å². The summed E-state index contributed by atoms with van der Waals surface area (Å²) in [6.07, 6.45) is 0. The Kier molecular flexibility index (Phi) is 3.27. The molecule has 112 valence electrons. The van der Waals surface area contributed by atoms with Crippen molar-refractivity contribution in [1.82, 2.24) is 0 Å². The summed E-state index contributed by atoms with van der Waals surface area (Å²) in [4.78, 5) is 2.22. The minimum atomic E-state index is 1.26. The Bertz CT molecular complexity index is 999. The molecular weight excluding hydrogens is 278 g/mol. The van der Waals surface area contributed by atoms with Gasteiger partial charge in [-0.1, -0.05) is 72.8 Å². The first-order chi connectivity index (χ1) is 11.2. The van der Waals surface area contributed by atoms with Crippen LogP contribution in [0, 0.1) is 0 Å². The van der Waals surface area contributed by atoms with Gasteiger partial charge >= 0.3 is 0 Å². The van der Waals surface area contributed by atoms with Gasteiger partial charge < -0.3 is 4.90 Å². The van der Waals surface area contributed by atoms with Crippen molar-refractivity contribution in [2.24, 2.45) is 0 Å². The molecule has 0 unspecified atom stereocenters. The van der Waals surface area contributed by atoms with Gasteiger partial charge in [0.1, 0.15) is 0 Å². The molecule has 0 radical (unpaired) electrons. The highest BCUT2D eigenvalue weighted by molar-refractivity contribution is 6.03. The Morgan fingerprint density at radius 2 is 1.26 bits per heavy atom. The van der Waals surface area contributed by atoms with Gasteiger partial charge in [-0.2, -0.15) is 0 Å². The van der Waals surface area contributed by atoms with Gasteiger partial charge in [0.15, 0.2) is 0 Å². The molecule has 0 aromatic heterocycles. The van der Waals surface area contributed by atoms with Crippen LogP contribution in [0.5, 0.6) is 0 Å². The van der Waals surface area contributed by atoms with Crippen LogP contribution in [-0.2, 0) is 0 Å². The average Bonchev–Trinajstić information content (AvgIpc) is 2.60. The summed E-state index contributed by atoms with van der Waals surface area (Å²) in [5, 5.41) is 5.13. The van der Waals surface area contributed by atoms with Gasteiger partial charge in [-0.3, -0.25) is 0 Å². The third-order valence-corrected chi connectivity index (χ3v) is 4.41. The van der Waals surface area contributed by atoms with Crippen molar-refractivity contribution in [2.75, 3.05) is 19.0 Å². The predicted molar refractivity (Wildman–Crippen MR) is 101 cm³/mol. The third kappa shape index (κ3) is 2.35. The van der Waals surface area contributed by atoms with Crippen LogP contribution in [0.4, 0.5) is 5.69 Å². The van der Waals surface area contributed by atoms with E-state index in [0.29, 0.717) is 0 Å². The number of hydrogen-bond acceptors (Lipinski definition) is 1. The lowest BCUT2D eigenvalue weighted by Crippen LogP contribution is -2.10. The smallest absolute Gasteiger partial charge is 0.0520 e. The molecule has 0 saturated carbocycles. The van der Waals surface area contributed by atoms with Gasteiger partial charge in [0.2, 0.25) is 0 Å². The molecule has 0 N–H and O–H groups in total. The largest absolute Gasteiger partial charge is 0.377 e. The van der Waals surface area contributed by atoms with E-state index < -0.39 is 0 Å². The predicted octanol–water partition coefficient (Wildman–Crippen LogP) is 5.73. The number of nitrogens with zero attached hydrogens (tertiary/aromatic N) is 1. The second kappa shape index (κ2) is 5.44. The Balaban J connectivity index is 2.01. The van der Waals surface area contributed by atoms with Crippen LogP contribution >= 0.6 is 0 Å². The quantitative estimate of drug-likeness (QED) is 0.457. The molecule has 0 aliphatic rings. The van der Waals surface area contributed by atoms with Crippen molar-refractivity contribution >= 4 is 27.2 Å². The van der Waals surface area contributed by atoms with Crippen LogP contribution in [-0.4, -0.2) is 14.1 Å². The maximum atomic E-state index is 2.28. The first-order valence-corrected chi connectivity index (χ1v) is 7.92. The first kappa shape index (κ1) is 13.8. The van der Waals surface area contributed by atoms with Crippen molar-refractivity contribution in [3.05, 3.63) is 78.9 Å². The van der Waals surface area contributed by atoms with Crippen LogP contribution in [0.2, 0.25) is 0 Å². The molecule has 4 aromatic rings. The normalized spacial score (nSPS) is 11.0. The van der Waals surface area contributed by atoms with Crippen molar-refractivity contribution in [3.8, 4) is 11.1 Å². The van der Waals surface area contributed by atoms with E-state index >= 15 is 0 Å². The zero-order valence-electron chi connectivity index (χ0n) is 13.5. The van der Waals surface area contributed by atoms with E-state index in [9.17, 15) is 0 Å². The molecule has 0 fully saturated rings. The molecule has 4 rings (SSSR count). The molecule has 0 bridgehead atoms. The molecule has 0 aliphatic carbocycles. The summed E-state index contributed by atoms with van der Waals surface area (Å²) in [7, 11) is 4.23. The molecule has 0 heterocycles. The second-order valence-electron chi connectivity index (χ2n) is 6.14. The standard InChI is InChI=1S/C22H19N/c1-23(2)22-20-10-6-5-8-17(20)13-14-21(22)19-12-11-16-7-3-4-9-18(16)15-19/h3-15H,1-2H3. The molecule has 1 nitrogen and oxygen atoms in total. The molecule has 0 atom stereocenters. The number of hydrogen-bond donors (Lipinski definition) is 0. The number of anilines is 1. The monoisotopic (exact) mass is 297 g/mol. The number of benzene rings is 4. The van der Waals surface area contributed by atoms with E-state index in [-0.39, 0.29) is 0 Å². The van der Waals surface area contributed by atoms with E-state index in [2.05, 4.69) is 97.9 Å². The minimum absolute atomic E-state index is 1.26. The lowest BCUT2D eigenvalue weighted by molar-refractivity contribution is 1.14. The van der Waals surface area contributed by atoms with Crippen LogP contribution < -0.4 is 4.90 Å². The highest BCUT2D eigenvalue weighted by Gasteiger charge is 2.11. The molecule has 0 amide bonds. The highest BCUT2D eigenvalue weighted by atomic mass is 15.1. The molecule has 23 heavy (non-hydrogen) atoms. The summed E-state index contributed by atoms with van der Waals surface area (Å²) in [5.41, 5.74) is 3.82. The molecule has 0 spiro atoms. The van der Waals surface area contributed by atoms with Gasteiger partial charge in [0.25, 0.3) is 0 Å². The Morgan fingerprint density at radius 1 is 0.609 bits per heavy atom. The average molecular weight is 297 g/mol. The van der Waals surface area contributed by atoms with Gasteiger partial charge in [-0.05, 0) is 27.8 Å². The third-order valence-electron chi connectivity index (χ3n) is 4.41. The lowest BCUT2D eigenvalue weighted by Gasteiger charge is -2.20. The van der Waals surface area contributed by atoms with Gasteiger partial charge in [-0.15, -0.1) is 0 Å². The fraction of sp³-hybridized carbons (Fsp3) is 0.0909. The Morgan fingerprint density at radius 3 is 2.04 bits per heavy atom. The van der Waals surface area contributed by atoms with Crippen LogP contribution in [0.25, 0.3) is 32.7 Å². The van der Waals surface area contributed by atoms with Crippen LogP contribution in [0.1, 0.15) is 0 Å².